The third kappa shape index (κ3) is 4.48. The summed E-state index contributed by atoms with van der Waals surface area (Å²) in [6.07, 6.45) is 1.80. The molecule has 43 heavy (non-hydrogen) atoms. The molecule has 0 radical (unpaired) electrons. The number of amides is 2. The maximum absolute atomic E-state index is 14.1. The molecule has 2 amide bonds. The number of fused-ring (bicyclic) bond motifs is 3. The van der Waals surface area contributed by atoms with Crippen LogP contribution in [-0.4, -0.2) is 113 Å². The third-order valence-electron chi connectivity index (χ3n) is 9.54. The van der Waals surface area contributed by atoms with E-state index in [9.17, 15) is 39.6 Å². The largest absolute Gasteiger partial charge is 0.510 e. The number of hydrogen-bond donors (Lipinski definition) is 6. The van der Waals surface area contributed by atoms with E-state index >= 15 is 0 Å². The number of primary amides is 1. The molecule has 13 nitrogen and oxygen atoms in total. The van der Waals surface area contributed by atoms with Gasteiger partial charge in [-0.3, -0.25) is 29.0 Å². The number of allylic oxidation sites excluding steroid dienone is 1. The number of benzene rings is 1. The lowest BCUT2D eigenvalue weighted by Crippen LogP contribution is -2.63. The van der Waals surface area contributed by atoms with Crippen molar-refractivity contribution < 1.29 is 39.6 Å². The highest BCUT2D eigenvalue weighted by Gasteiger charge is 2.63. The van der Waals surface area contributed by atoms with Crippen LogP contribution < -0.4 is 16.0 Å². The summed E-state index contributed by atoms with van der Waals surface area (Å²) in [5.41, 5.74) is 2.97. The average molecular weight is 598 g/mol. The number of phenolic OH excluding ortho intramolecular Hbond substituents is 1. The first kappa shape index (κ1) is 30.5. The van der Waals surface area contributed by atoms with E-state index in [2.05, 4.69) is 5.32 Å². The predicted octanol–water partition coefficient (Wildman–Crippen LogP) is -0.103. The van der Waals surface area contributed by atoms with Crippen LogP contribution in [0.4, 0.5) is 5.69 Å². The first-order valence-electron chi connectivity index (χ1n) is 14.3. The van der Waals surface area contributed by atoms with Crippen LogP contribution in [0.3, 0.4) is 0 Å². The molecule has 13 heteroatoms. The van der Waals surface area contributed by atoms with Gasteiger partial charge in [-0.25, -0.2) is 0 Å². The quantitative estimate of drug-likeness (QED) is 0.240. The Balaban J connectivity index is 1.61. The minimum Gasteiger partial charge on any atom is -0.510 e. The Labute approximate surface area is 249 Å². The van der Waals surface area contributed by atoms with Crippen LogP contribution in [0.1, 0.15) is 40.7 Å². The average Bonchev–Trinajstić information content (AvgIpc) is 3.35. The van der Waals surface area contributed by atoms with Crippen molar-refractivity contribution in [1.82, 2.24) is 15.1 Å². The molecule has 0 unspecified atom stereocenters. The van der Waals surface area contributed by atoms with Gasteiger partial charge in [0.15, 0.2) is 11.4 Å². The molecule has 3 aliphatic carbocycles. The van der Waals surface area contributed by atoms with Crippen molar-refractivity contribution in [1.29, 1.82) is 0 Å². The summed E-state index contributed by atoms with van der Waals surface area (Å²) in [5.74, 6) is -7.18. The lowest BCUT2D eigenvalue weighted by Gasteiger charge is -2.50. The third-order valence-corrected chi connectivity index (χ3v) is 9.54. The number of likely N-dealkylation sites (tertiary alicyclic amines) is 1. The summed E-state index contributed by atoms with van der Waals surface area (Å²) in [6.45, 7) is 0.758. The van der Waals surface area contributed by atoms with E-state index in [1.165, 1.54) is 4.90 Å². The first-order valence-corrected chi connectivity index (χ1v) is 14.3. The fourth-order valence-corrected chi connectivity index (χ4v) is 7.43. The van der Waals surface area contributed by atoms with Gasteiger partial charge in [0, 0.05) is 43.4 Å². The number of nitrogens with zero attached hydrogens (tertiary/aromatic N) is 3. The second kappa shape index (κ2) is 10.6. The van der Waals surface area contributed by atoms with Gasteiger partial charge in [0.25, 0.3) is 5.91 Å². The number of nitrogens with two attached hydrogens (primary N) is 1. The first-order chi connectivity index (χ1) is 20.1. The Bertz CT molecular complexity index is 1500. The maximum Gasteiger partial charge on any atom is 0.255 e. The molecule has 0 spiro atoms. The molecule has 232 valence electrons. The van der Waals surface area contributed by atoms with Gasteiger partial charge < -0.3 is 36.4 Å². The molecule has 0 saturated carbocycles. The predicted molar refractivity (Wildman–Crippen MR) is 155 cm³/mol. The van der Waals surface area contributed by atoms with Crippen LogP contribution in [0.15, 0.2) is 28.7 Å². The number of phenols is 1. The van der Waals surface area contributed by atoms with Gasteiger partial charge in [0.1, 0.15) is 22.8 Å². The number of nitrogens with one attached hydrogen (secondary N) is 1. The number of aliphatic hydroxyl groups is 3. The fourth-order valence-electron chi connectivity index (χ4n) is 7.43. The van der Waals surface area contributed by atoms with Gasteiger partial charge in [0.05, 0.1) is 17.6 Å². The highest BCUT2D eigenvalue weighted by Crippen LogP contribution is 2.53. The van der Waals surface area contributed by atoms with E-state index < -0.39 is 58.0 Å². The number of anilines is 1. The lowest BCUT2D eigenvalue weighted by atomic mass is 9.58. The van der Waals surface area contributed by atoms with E-state index in [-0.39, 0.29) is 48.2 Å². The Kier molecular flexibility index (Phi) is 7.56. The SMILES string of the molecule is CN(C)c1cc(CNC(=O)[C@@H]2CCCN2C)c(O)c2c1C[C@H]1C[C@H]3[C@@H](N(C)C)C(O)=C(C(N)=O)C(=O)[C@@]3(O)C(O)=C1C2=O. The Hall–Kier alpha value is -3.94. The van der Waals surface area contributed by atoms with Crippen LogP contribution >= 0.6 is 0 Å². The zero-order valence-corrected chi connectivity index (χ0v) is 25.0. The number of Topliss-reactive ketones (excluding diaryl/α,β-unsaturated/α-hetero) is 2. The van der Waals surface area contributed by atoms with Gasteiger partial charge in [-0.05, 0) is 70.9 Å². The minimum atomic E-state index is -2.70. The highest BCUT2D eigenvalue weighted by molar-refractivity contribution is 6.25. The van der Waals surface area contributed by atoms with Crippen molar-refractivity contribution >= 4 is 29.1 Å². The molecule has 7 N–H and O–H groups in total. The Morgan fingerprint density at radius 2 is 1.84 bits per heavy atom. The van der Waals surface area contributed by atoms with Crippen molar-refractivity contribution in [2.24, 2.45) is 17.6 Å². The molecular formula is C30H39N5O8. The number of hydrogen-bond acceptors (Lipinski definition) is 11. The molecule has 1 aromatic rings. The minimum absolute atomic E-state index is 0.00606. The molecule has 1 aliphatic heterocycles. The van der Waals surface area contributed by atoms with Crippen molar-refractivity contribution in [3.05, 3.63) is 45.4 Å². The number of carbonyl (C=O) groups is 4. The van der Waals surface area contributed by atoms with Crippen LogP contribution in [0, 0.1) is 11.8 Å². The van der Waals surface area contributed by atoms with Gasteiger partial charge >= 0.3 is 0 Å². The summed E-state index contributed by atoms with van der Waals surface area (Å²) >= 11 is 0. The molecule has 0 aromatic heterocycles. The van der Waals surface area contributed by atoms with Crippen LogP contribution in [-0.2, 0) is 27.3 Å². The number of aliphatic hydroxyl groups excluding tert-OH is 2. The normalized spacial score (nSPS) is 29.0. The summed E-state index contributed by atoms with van der Waals surface area (Å²) < 4.78 is 0. The lowest BCUT2D eigenvalue weighted by molar-refractivity contribution is -0.148. The van der Waals surface area contributed by atoms with Crippen molar-refractivity contribution in [3.8, 4) is 5.75 Å². The molecule has 4 aliphatic rings. The topological polar surface area (TPSA) is 197 Å². The van der Waals surface area contributed by atoms with Crippen molar-refractivity contribution in [2.75, 3.05) is 46.7 Å². The van der Waals surface area contributed by atoms with Crippen LogP contribution in [0.5, 0.6) is 5.75 Å². The smallest absolute Gasteiger partial charge is 0.255 e. The van der Waals surface area contributed by atoms with Gasteiger partial charge in [-0.1, -0.05) is 0 Å². The molecular weight excluding hydrogens is 558 g/mol. The monoisotopic (exact) mass is 597 g/mol. The molecule has 1 saturated heterocycles. The standard InChI is InChI=1S/C30H39N5O8/c1-33(2)18-11-14(12-32-29(42)17-7-6-8-35(17)5)23(36)20-15(18)9-13-10-16-22(34(3)4)25(38)21(28(31)41)27(40)30(16,43)26(39)19(13)24(20)37/h11,13,16-17,22,36,38-39,43H,6-10,12H2,1-5H3,(H2,31,41)(H,32,42)/t13-,16-,17-,22+,30-/m0/s1. The van der Waals surface area contributed by atoms with E-state index in [0.717, 1.165) is 19.4 Å². The molecule has 5 atom stereocenters. The van der Waals surface area contributed by atoms with E-state index in [4.69, 9.17) is 5.73 Å². The van der Waals surface area contributed by atoms with Gasteiger partial charge in [0.2, 0.25) is 11.7 Å². The zero-order chi connectivity index (χ0) is 31.7. The number of carbonyl (C=O) groups excluding carboxylic acids is 4. The summed E-state index contributed by atoms with van der Waals surface area (Å²) in [7, 11) is 8.61. The molecule has 0 bridgehead atoms. The molecule has 1 aromatic carbocycles. The second-order valence-electron chi connectivity index (χ2n) is 12.5. The number of rotatable bonds is 6. The number of ketones is 2. The summed E-state index contributed by atoms with van der Waals surface area (Å²) in [6, 6.07) is 0.372. The molecule has 5 rings (SSSR count). The Morgan fingerprint density at radius 1 is 1.16 bits per heavy atom. The summed E-state index contributed by atoms with van der Waals surface area (Å²) in [5, 5.41) is 48.5. The van der Waals surface area contributed by atoms with E-state index in [0.29, 0.717) is 16.8 Å². The van der Waals surface area contributed by atoms with Crippen molar-refractivity contribution in [2.45, 2.75) is 49.9 Å². The van der Waals surface area contributed by atoms with Crippen molar-refractivity contribution in [3.63, 3.8) is 0 Å². The van der Waals surface area contributed by atoms with Crippen LogP contribution in [0.25, 0.3) is 0 Å². The summed E-state index contributed by atoms with van der Waals surface area (Å²) in [4.78, 5) is 57.9. The number of likely N-dealkylation sites (N-methyl/N-ethyl adjacent to an activating group) is 2. The molecule has 1 heterocycles. The second-order valence-corrected chi connectivity index (χ2v) is 12.5. The molecule has 1 fully saturated rings. The highest BCUT2D eigenvalue weighted by atomic mass is 16.3. The maximum atomic E-state index is 14.1. The van der Waals surface area contributed by atoms with Crippen LogP contribution in [0.2, 0.25) is 0 Å². The zero-order valence-electron chi connectivity index (χ0n) is 25.0. The van der Waals surface area contributed by atoms with E-state index in [1.54, 1.807) is 39.2 Å². The van der Waals surface area contributed by atoms with E-state index in [1.807, 2.05) is 11.9 Å². The van der Waals surface area contributed by atoms with Gasteiger partial charge in [-0.2, -0.15) is 0 Å². The number of aromatic hydroxyl groups is 1. The Morgan fingerprint density at radius 3 is 2.40 bits per heavy atom. The van der Waals surface area contributed by atoms with Gasteiger partial charge in [-0.15, -0.1) is 0 Å². The fraction of sp³-hybridized carbons (Fsp3) is 0.533.